The van der Waals surface area contributed by atoms with Crippen molar-refractivity contribution in [3.05, 3.63) is 12.7 Å². The SMILES string of the molecule is C=CC(=O)C(C)C(C)(C)S(=O)(=O)[O-].[Na+]. The fourth-order valence-electron chi connectivity index (χ4n) is 0.736. The molecule has 0 spiro atoms. The van der Waals surface area contributed by atoms with Crippen LogP contribution in [-0.4, -0.2) is 23.5 Å². The molecule has 1 unspecified atom stereocenters. The van der Waals surface area contributed by atoms with Crippen LogP contribution in [0.5, 0.6) is 0 Å². The summed E-state index contributed by atoms with van der Waals surface area (Å²) in [7, 11) is -4.48. The van der Waals surface area contributed by atoms with Gasteiger partial charge in [0, 0.05) is 5.92 Å². The zero-order chi connectivity index (χ0) is 10.9. The molecule has 0 aliphatic rings. The Hall–Kier alpha value is 0.320. The third kappa shape index (κ3) is 3.47. The first-order valence-corrected chi connectivity index (χ1v) is 5.17. The predicted octanol–water partition coefficient (Wildman–Crippen LogP) is -2.29. The number of ketones is 1. The number of rotatable bonds is 4. The molecule has 0 heterocycles. The van der Waals surface area contributed by atoms with Crippen molar-refractivity contribution in [2.24, 2.45) is 5.92 Å². The van der Waals surface area contributed by atoms with E-state index in [1.807, 2.05) is 0 Å². The standard InChI is InChI=1S/C8H14O4S.Na/c1-5-7(9)6(2)8(3,4)13(10,11)12;/h5-6H,1H2,2-4H3,(H,10,11,12);/q;+1/p-1. The van der Waals surface area contributed by atoms with E-state index in [-0.39, 0.29) is 29.6 Å². The van der Waals surface area contributed by atoms with Crippen molar-refractivity contribution in [2.75, 3.05) is 0 Å². The Morgan fingerprint density at radius 1 is 1.50 bits per heavy atom. The molecule has 0 rings (SSSR count). The van der Waals surface area contributed by atoms with Crippen LogP contribution in [0.15, 0.2) is 12.7 Å². The molecule has 4 nitrogen and oxygen atoms in total. The van der Waals surface area contributed by atoms with E-state index in [0.717, 1.165) is 6.08 Å². The Balaban J connectivity index is 0. The van der Waals surface area contributed by atoms with Crippen molar-refractivity contribution in [1.82, 2.24) is 0 Å². The molecule has 0 saturated heterocycles. The molecule has 6 heteroatoms. The van der Waals surface area contributed by atoms with Gasteiger partial charge in [-0.05, 0) is 19.9 Å². The molecule has 0 bridgehead atoms. The zero-order valence-electron chi connectivity index (χ0n) is 8.90. The van der Waals surface area contributed by atoms with Crippen LogP contribution in [0.4, 0.5) is 0 Å². The summed E-state index contributed by atoms with van der Waals surface area (Å²) < 4.78 is 30.7. The van der Waals surface area contributed by atoms with E-state index in [0.29, 0.717) is 0 Å². The maximum atomic E-state index is 11.1. The normalized spacial score (nSPS) is 14.0. The van der Waals surface area contributed by atoms with Gasteiger partial charge in [0.25, 0.3) is 0 Å². The summed E-state index contributed by atoms with van der Waals surface area (Å²) in [6.45, 7) is 7.11. The Morgan fingerprint density at radius 2 is 1.86 bits per heavy atom. The van der Waals surface area contributed by atoms with Gasteiger partial charge in [-0.1, -0.05) is 13.5 Å². The molecule has 0 aromatic heterocycles. The monoisotopic (exact) mass is 228 g/mol. The number of hydrogen-bond acceptors (Lipinski definition) is 4. The topological polar surface area (TPSA) is 74.3 Å². The summed E-state index contributed by atoms with van der Waals surface area (Å²) >= 11 is 0. The number of hydrogen-bond donors (Lipinski definition) is 0. The summed E-state index contributed by atoms with van der Waals surface area (Å²) in [5.74, 6) is -1.31. The zero-order valence-corrected chi connectivity index (χ0v) is 11.7. The van der Waals surface area contributed by atoms with Gasteiger partial charge < -0.3 is 4.55 Å². The second kappa shape index (κ2) is 5.42. The summed E-state index contributed by atoms with van der Waals surface area (Å²) in [6.07, 6.45) is 1.03. The van der Waals surface area contributed by atoms with Crippen molar-refractivity contribution in [3.8, 4) is 0 Å². The van der Waals surface area contributed by atoms with Gasteiger partial charge in [0.15, 0.2) is 5.78 Å². The van der Waals surface area contributed by atoms with Crippen LogP contribution < -0.4 is 29.6 Å². The summed E-state index contributed by atoms with van der Waals surface area (Å²) in [5.41, 5.74) is 0. The molecule has 0 fully saturated rings. The van der Waals surface area contributed by atoms with Gasteiger partial charge >= 0.3 is 29.6 Å². The first kappa shape index (κ1) is 16.7. The van der Waals surface area contributed by atoms with Crippen molar-refractivity contribution in [1.29, 1.82) is 0 Å². The largest absolute Gasteiger partial charge is 1.00 e. The Kier molecular flexibility index (Phi) is 6.48. The average Bonchev–Trinajstić information content (AvgIpc) is 1.99. The first-order valence-electron chi connectivity index (χ1n) is 3.76. The van der Waals surface area contributed by atoms with Gasteiger partial charge in [0.2, 0.25) is 0 Å². The van der Waals surface area contributed by atoms with Gasteiger partial charge in [-0.25, -0.2) is 8.42 Å². The van der Waals surface area contributed by atoms with Crippen LogP contribution in [-0.2, 0) is 14.9 Å². The molecule has 14 heavy (non-hydrogen) atoms. The third-order valence-corrected chi connectivity index (χ3v) is 3.96. The minimum absolute atomic E-state index is 0. The van der Waals surface area contributed by atoms with Crippen molar-refractivity contribution in [2.45, 2.75) is 25.5 Å². The van der Waals surface area contributed by atoms with E-state index in [4.69, 9.17) is 0 Å². The summed E-state index contributed by atoms with van der Waals surface area (Å²) in [4.78, 5) is 11.1. The first-order chi connectivity index (χ1) is 5.64. The molecule has 0 aliphatic carbocycles. The van der Waals surface area contributed by atoms with E-state index in [2.05, 4.69) is 6.58 Å². The molecule has 0 radical (unpaired) electrons. The second-order valence-electron chi connectivity index (χ2n) is 3.39. The second-order valence-corrected chi connectivity index (χ2v) is 5.35. The predicted molar refractivity (Wildman–Crippen MR) is 48.1 cm³/mol. The van der Waals surface area contributed by atoms with Crippen molar-refractivity contribution >= 4 is 15.9 Å². The molecule has 0 saturated carbocycles. The van der Waals surface area contributed by atoms with Gasteiger partial charge in [0.1, 0.15) is 10.1 Å². The van der Waals surface area contributed by atoms with E-state index >= 15 is 0 Å². The van der Waals surface area contributed by atoms with Gasteiger partial charge in [-0.3, -0.25) is 4.79 Å². The van der Waals surface area contributed by atoms with Crippen molar-refractivity contribution in [3.63, 3.8) is 0 Å². The molecular formula is C8H13NaO4S. The molecule has 0 aromatic carbocycles. The Morgan fingerprint density at radius 3 is 2.07 bits per heavy atom. The van der Waals surface area contributed by atoms with Crippen LogP contribution in [0.2, 0.25) is 0 Å². The van der Waals surface area contributed by atoms with Crippen LogP contribution in [0.3, 0.4) is 0 Å². The quantitative estimate of drug-likeness (QED) is 0.308. The molecular weight excluding hydrogens is 215 g/mol. The van der Waals surface area contributed by atoms with E-state index in [1.54, 1.807) is 0 Å². The van der Waals surface area contributed by atoms with Crippen LogP contribution in [0, 0.1) is 5.92 Å². The molecule has 1 atom stereocenters. The smallest absolute Gasteiger partial charge is 0.748 e. The molecule has 76 valence electrons. The van der Waals surface area contributed by atoms with Crippen LogP contribution >= 0.6 is 0 Å². The average molecular weight is 228 g/mol. The molecule has 0 N–H and O–H groups in total. The fourth-order valence-corrected chi connectivity index (χ4v) is 1.29. The number of carbonyl (C=O) groups excluding carboxylic acids is 1. The molecule has 0 aliphatic heterocycles. The van der Waals surface area contributed by atoms with Gasteiger partial charge in [-0.2, -0.15) is 0 Å². The number of carbonyl (C=O) groups is 1. The minimum atomic E-state index is -4.48. The maximum Gasteiger partial charge on any atom is 1.00 e. The minimum Gasteiger partial charge on any atom is -0.748 e. The fraction of sp³-hybridized carbons (Fsp3) is 0.625. The molecule has 0 aromatic rings. The van der Waals surface area contributed by atoms with E-state index in [9.17, 15) is 17.8 Å². The maximum absolute atomic E-state index is 11.1. The third-order valence-electron chi connectivity index (χ3n) is 2.32. The Bertz CT molecular complexity index is 318. The van der Waals surface area contributed by atoms with E-state index in [1.165, 1.54) is 20.8 Å². The summed E-state index contributed by atoms with van der Waals surface area (Å²) in [5, 5.41) is 0. The molecule has 0 amide bonds. The number of allylic oxidation sites excluding steroid dienone is 1. The van der Waals surface area contributed by atoms with Crippen molar-refractivity contribution < 1.29 is 47.3 Å². The van der Waals surface area contributed by atoms with Gasteiger partial charge in [0.05, 0.1) is 4.75 Å². The summed E-state index contributed by atoms with van der Waals surface area (Å²) in [6, 6.07) is 0. The Labute approximate surface area is 107 Å². The van der Waals surface area contributed by atoms with Crippen LogP contribution in [0.1, 0.15) is 20.8 Å². The van der Waals surface area contributed by atoms with Crippen LogP contribution in [0.25, 0.3) is 0 Å². The van der Waals surface area contributed by atoms with E-state index < -0.39 is 26.6 Å². The van der Waals surface area contributed by atoms with Gasteiger partial charge in [-0.15, -0.1) is 0 Å².